The van der Waals surface area contributed by atoms with Crippen molar-refractivity contribution >= 4 is 23.9 Å². The Bertz CT molecular complexity index is 1030. The summed E-state index contributed by atoms with van der Waals surface area (Å²) in [4.78, 5) is 54.9. The van der Waals surface area contributed by atoms with Gasteiger partial charge < -0.3 is 28.9 Å². The van der Waals surface area contributed by atoms with Gasteiger partial charge in [-0.25, -0.2) is 9.59 Å². The molecular weight excluding hydrogens is 480 g/mol. The minimum Gasteiger partial charge on any atom is -0.469 e. The van der Waals surface area contributed by atoms with Crippen LogP contribution in [0.25, 0.3) is 0 Å². The van der Waals surface area contributed by atoms with E-state index in [9.17, 15) is 19.2 Å². The van der Waals surface area contributed by atoms with Gasteiger partial charge in [-0.2, -0.15) is 0 Å². The van der Waals surface area contributed by atoms with Crippen LogP contribution in [0, 0.1) is 13.8 Å². The van der Waals surface area contributed by atoms with Crippen LogP contribution in [-0.4, -0.2) is 61.3 Å². The van der Waals surface area contributed by atoms with Gasteiger partial charge in [-0.15, -0.1) is 0 Å². The molecule has 0 radical (unpaired) electrons. The number of hydrogen-bond donors (Lipinski definition) is 2. The van der Waals surface area contributed by atoms with Crippen LogP contribution in [0.1, 0.15) is 94.1 Å². The number of H-pyrrole nitrogens is 2. The molecule has 0 saturated heterocycles. The number of esters is 4. The molecule has 0 unspecified atom stereocenters. The third-order valence-corrected chi connectivity index (χ3v) is 6.32. The van der Waals surface area contributed by atoms with Gasteiger partial charge >= 0.3 is 23.9 Å². The summed E-state index contributed by atoms with van der Waals surface area (Å²) in [6.07, 6.45) is 3.07. The predicted octanol–water partition coefficient (Wildman–Crippen LogP) is 3.90. The van der Waals surface area contributed by atoms with Gasteiger partial charge in [0, 0.05) is 30.7 Å². The lowest BCUT2D eigenvalue weighted by molar-refractivity contribution is -0.141. The van der Waals surface area contributed by atoms with E-state index in [0.29, 0.717) is 43.5 Å². The molecule has 37 heavy (non-hydrogen) atoms. The first-order valence-electron chi connectivity index (χ1n) is 12.6. The van der Waals surface area contributed by atoms with Crippen molar-refractivity contribution < 1.29 is 38.1 Å². The average Bonchev–Trinajstić information content (AvgIpc) is 3.35. The fraction of sp³-hybridized carbons (Fsp3) is 0.556. The smallest absolute Gasteiger partial charge is 0.355 e. The highest BCUT2D eigenvalue weighted by atomic mass is 16.5. The molecule has 0 aliphatic heterocycles. The van der Waals surface area contributed by atoms with Gasteiger partial charge in [0.25, 0.3) is 0 Å². The number of aromatic nitrogens is 2. The number of nitrogens with one attached hydrogen (secondary N) is 2. The van der Waals surface area contributed by atoms with E-state index in [1.54, 1.807) is 13.8 Å². The van der Waals surface area contributed by atoms with Crippen LogP contribution < -0.4 is 0 Å². The maximum Gasteiger partial charge on any atom is 0.355 e. The van der Waals surface area contributed by atoms with Crippen LogP contribution in [0.2, 0.25) is 0 Å². The second kappa shape index (κ2) is 14.2. The topological polar surface area (TPSA) is 137 Å². The predicted molar refractivity (Wildman–Crippen MR) is 136 cm³/mol. The Hall–Kier alpha value is -3.56. The van der Waals surface area contributed by atoms with Crippen LogP contribution in [0.3, 0.4) is 0 Å². The summed E-state index contributed by atoms with van der Waals surface area (Å²) in [5.41, 5.74) is 5.67. The van der Waals surface area contributed by atoms with E-state index in [2.05, 4.69) is 9.97 Å². The summed E-state index contributed by atoms with van der Waals surface area (Å²) in [5.74, 6) is -1.50. The summed E-state index contributed by atoms with van der Waals surface area (Å²) < 4.78 is 20.0. The largest absolute Gasteiger partial charge is 0.469 e. The molecule has 0 atom stereocenters. The van der Waals surface area contributed by atoms with Crippen LogP contribution in [-0.2, 0) is 47.8 Å². The summed E-state index contributed by atoms with van der Waals surface area (Å²) in [7, 11) is 2.70. The number of carbonyl (C=O) groups is 4. The monoisotopic (exact) mass is 518 g/mol. The Morgan fingerprint density at radius 3 is 1.38 bits per heavy atom. The summed E-state index contributed by atoms with van der Waals surface area (Å²) >= 11 is 0. The lowest BCUT2D eigenvalue weighted by Crippen LogP contribution is -2.07. The first-order chi connectivity index (χ1) is 17.7. The quantitative estimate of drug-likeness (QED) is 0.284. The number of hydrogen-bond acceptors (Lipinski definition) is 8. The normalized spacial score (nSPS) is 10.8. The highest BCUT2D eigenvalue weighted by Crippen LogP contribution is 2.28. The average molecular weight is 519 g/mol. The minimum atomic E-state index is -0.450. The Labute approximate surface area is 217 Å². The van der Waals surface area contributed by atoms with E-state index >= 15 is 0 Å². The summed E-state index contributed by atoms with van der Waals surface area (Å²) in [6.45, 7) is 7.67. The van der Waals surface area contributed by atoms with Gasteiger partial charge in [-0.1, -0.05) is 0 Å². The first-order valence-corrected chi connectivity index (χ1v) is 12.6. The maximum absolute atomic E-state index is 12.6. The van der Waals surface area contributed by atoms with E-state index in [0.717, 1.165) is 33.6 Å². The molecule has 0 spiro atoms. The van der Waals surface area contributed by atoms with Gasteiger partial charge in [0.2, 0.25) is 0 Å². The van der Waals surface area contributed by atoms with Gasteiger partial charge in [0.1, 0.15) is 11.4 Å². The number of carbonyl (C=O) groups excluding carboxylic acids is 4. The van der Waals surface area contributed by atoms with Crippen molar-refractivity contribution in [3.63, 3.8) is 0 Å². The van der Waals surface area contributed by atoms with Crippen LogP contribution in [0.5, 0.6) is 0 Å². The molecule has 0 bridgehead atoms. The fourth-order valence-corrected chi connectivity index (χ4v) is 4.39. The molecule has 0 fully saturated rings. The van der Waals surface area contributed by atoms with E-state index in [-0.39, 0.29) is 38.0 Å². The SMILES string of the molecule is CCOC(=O)c1[nH]c(Cc2[nH]c(C(=O)OCC)c(C)c2CCCC(=O)OC)c(CCCC(=O)OC)c1C. The zero-order chi connectivity index (χ0) is 27.5. The van der Waals surface area contributed by atoms with Gasteiger partial charge in [-0.05, 0) is 75.6 Å². The van der Waals surface area contributed by atoms with Gasteiger partial charge in [-0.3, -0.25) is 9.59 Å². The second-order valence-corrected chi connectivity index (χ2v) is 8.64. The third-order valence-electron chi connectivity index (χ3n) is 6.32. The molecule has 2 aromatic heterocycles. The first kappa shape index (κ1) is 29.7. The second-order valence-electron chi connectivity index (χ2n) is 8.64. The Balaban J connectivity index is 2.47. The van der Waals surface area contributed by atoms with E-state index in [1.807, 2.05) is 13.8 Å². The number of methoxy groups -OCH3 is 2. The highest BCUT2D eigenvalue weighted by molar-refractivity contribution is 5.90. The lowest BCUT2D eigenvalue weighted by atomic mass is 9.97. The maximum atomic E-state index is 12.6. The van der Waals surface area contributed by atoms with Crippen LogP contribution >= 0.6 is 0 Å². The molecule has 2 heterocycles. The zero-order valence-electron chi connectivity index (χ0n) is 22.6. The molecule has 204 valence electrons. The molecule has 0 amide bonds. The molecule has 2 rings (SSSR count). The standard InChI is InChI=1S/C27H38N2O8/c1-7-36-26(32)24-16(3)18(11-9-13-22(30)34-5)20(28-24)15-21-19(12-10-14-23(31)35-6)17(4)25(29-21)27(33)37-8-2/h28-29H,7-15H2,1-6H3. The molecule has 10 nitrogen and oxygen atoms in total. The Morgan fingerprint density at radius 2 is 1.05 bits per heavy atom. The number of ether oxygens (including phenoxy) is 4. The van der Waals surface area contributed by atoms with Crippen molar-refractivity contribution in [2.24, 2.45) is 0 Å². The number of rotatable bonds is 14. The zero-order valence-corrected chi connectivity index (χ0v) is 22.6. The summed E-state index contributed by atoms with van der Waals surface area (Å²) in [6, 6.07) is 0. The molecule has 2 N–H and O–H groups in total. The van der Waals surface area contributed by atoms with Crippen molar-refractivity contribution in [1.29, 1.82) is 0 Å². The van der Waals surface area contributed by atoms with Gasteiger partial charge in [0.15, 0.2) is 0 Å². The van der Waals surface area contributed by atoms with E-state index in [1.165, 1.54) is 14.2 Å². The van der Waals surface area contributed by atoms with Crippen LogP contribution in [0.4, 0.5) is 0 Å². The van der Waals surface area contributed by atoms with Crippen molar-refractivity contribution in [2.45, 2.75) is 72.6 Å². The molecule has 2 aromatic rings. The summed E-state index contributed by atoms with van der Waals surface area (Å²) in [5, 5.41) is 0. The van der Waals surface area contributed by atoms with E-state index in [4.69, 9.17) is 18.9 Å². The van der Waals surface area contributed by atoms with Crippen molar-refractivity contribution in [2.75, 3.05) is 27.4 Å². The molecule has 0 aliphatic rings. The molecule has 10 heteroatoms. The molecule has 0 saturated carbocycles. The fourth-order valence-electron chi connectivity index (χ4n) is 4.39. The molecule has 0 aromatic carbocycles. The third kappa shape index (κ3) is 7.71. The molecular formula is C27H38N2O8. The van der Waals surface area contributed by atoms with E-state index < -0.39 is 11.9 Å². The Kier molecular flexibility index (Phi) is 11.4. The van der Waals surface area contributed by atoms with Crippen molar-refractivity contribution in [3.05, 3.63) is 45.0 Å². The van der Waals surface area contributed by atoms with Crippen molar-refractivity contribution in [1.82, 2.24) is 9.97 Å². The van der Waals surface area contributed by atoms with Gasteiger partial charge in [0.05, 0.1) is 27.4 Å². The highest BCUT2D eigenvalue weighted by Gasteiger charge is 2.24. The minimum absolute atomic E-state index is 0.243. The number of aromatic amines is 2. The Morgan fingerprint density at radius 1 is 0.676 bits per heavy atom. The van der Waals surface area contributed by atoms with Crippen LogP contribution in [0.15, 0.2) is 0 Å². The lowest BCUT2D eigenvalue weighted by Gasteiger charge is -2.08. The van der Waals surface area contributed by atoms with Crippen molar-refractivity contribution in [3.8, 4) is 0 Å². The molecule has 0 aliphatic carbocycles.